The maximum absolute atomic E-state index is 8.80. The van der Waals surface area contributed by atoms with Crippen LogP contribution in [0.5, 0.6) is 0 Å². The number of hydrogen-bond donors (Lipinski definition) is 1. The summed E-state index contributed by atoms with van der Waals surface area (Å²) >= 11 is 0. The Hall–Kier alpha value is -1.02. The van der Waals surface area contributed by atoms with Crippen molar-refractivity contribution in [3.8, 4) is 0 Å². The highest BCUT2D eigenvalue weighted by atomic mass is 16.3. The summed E-state index contributed by atoms with van der Waals surface area (Å²) in [7, 11) is 0. The van der Waals surface area contributed by atoms with E-state index < -0.39 is 0 Å². The molecule has 1 aromatic rings. The topological polar surface area (TPSA) is 25.2 Å². The van der Waals surface area contributed by atoms with Gasteiger partial charge in [-0.15, -0.1) is 0 Å². The maximum Gasteiger partial charge on any atom is 0.119 e. The van der Waals surface area contributed by atoms with Crippen LogP contribution < -0.4 is 0 Å². The second-order valence-corrected chi connectivity index (χ2v) is 2.91. The first-order chi connectivity index (χ1) is 5.77. The van der Waals surface area contributed by atoms with E-state index in [0.29, 0.717) is 0 Å². The zero-order valence-electron chi connectivity index (χ0n) is 7.45. The van der Waals surface area contributed by atoms with Gasteiger partial charge in [-0.05, 0) is 23.6 Å². The monoisotopic (exact) mass is 165 g/mol. The van der Waals surface area contributed by atoms with E-state index in [1.807, 2.05) is 18.5 Å². The maximum atomic E-state index is 8.80. The predicted octanol–water partition coefficient (Wildman–Crippen LogP) is 2.25. The van der Waals surface area contributed by atoms with Crippen LogP contribution in [-0.2, 0) is 6.73 Å². The minimum Gasteiger partial charge on any atom is -0.376 e. The van der Waals surface area contributed by atoms with Crippen molar-refractivity contribution in [2.24, 2.45) is 0 Å². The summed E-state index contributed by atoms with van der Waals surface area (Å²) in [5, 5.41) is 8.80. The first-order valence-electron chi connectivity index (χ1n) is 4.22. The Morgan fingerprint density at radius 1 is 1.67 bits per heavy atom. The highest BCUT2D eigenvalue weighted by molar-refractivity contribution is 5.62. The van der Waals surface area contributed by atoms with Crippen LogP contribution in [0.25, 0.3) is 5.57 Å². The van der Waals surface area contributed by atoms with Gasteiger partial charge in [0.05, 0.1) is 0 Å². The van der Waals surface area contributed by atoms with Gasteiger partial charge in [-0.2, -0.15) is 0 Å². The Kier molecular flexibility index (Phi) is 3.11. The standard InChI is InChI=1S/C10H15NO/c1-3-4-9(2)10-5-6-11(7-10)8-12/h5-7,12H,2-4,8H2,1H3. The fraction of sp³-hybridized carbons (Fsp3) is 0.400. The Morgan fingerprint density at radius 3 is 2.92 bits per heavy atom. The molecule has 2 heteroatoms. The molecule has 0 aromatic carbocycles. The van der Waals surface area contributed by atoms with E-state index in [4.69, 9.17) is 5.11 Å². The lowest BCUT2D eigenvalue weighted by Gasteiger charge is -1.99. The van der Waals surface area contributed by atoms with Gasteiger partial charge in [-0.25, -0.2) is 0 Å². The zero-order chi connectivity index (χ0) is 8.97. The molecule has 0 saturated heterocycles. The zero-order valence-corrected chi connectivity index (χ0v) is 7.45. The number of aliphatic hydroxyl groups excluding tert-OH is 1. The first-order valence-corrected chi connectivity index (χ1v) is 4.22. The van der Waals surface area contributed by atoms with Gasteiger partial charge in [-0.3, -0.25) is 0 Å². The number of rotatable bonds is 4. The van der Waals surface area contributed by atoms with E-state index in [9.17, 15) is 0 Å². The molecule has 1 heterocycles. The van der Waals surface area contributed by atoms with Crippen molar-refractivity contribution >= 4 is 5.57 Å². The van der Waals surface area contributed by atoms with Crippen LogP contribution in [-0.4, -0.2) is 9.67 Å². The molecule has 1 rings (SSSR count). The van der Waals surface area contributed by atoms with E-state index in [1.54, 1.807) is 4.57 Å². The second kappa shape index (κ2) is 4.12. The molecule has 0 aliphatic carbocycles. The molecule has 0 spiro atoms. The summed E-state index contributed by atoms with van der Waals surface area (Å²) < 4.78 is 1.73. The van der Waals surface area contributed by atoms with Crippen LogP contribution >= 0.6 is 0 Å². The third kappa shape index (κ3) is 1.98. The Balaban J connectivity index is 2.68. The largest absolute Gasteiger partial charge is 0.376 e. The molecule has 0 saturated carbocycles. The second-order valence-electron chi connectivity index (χ2n) is 2.91. The van der Waals surface area contributed by atoms with Crippen molar-refractivity contribution in [3.05, 3.63) is 30.6 Å². The summed E-state index contributed by atoms with van der Waals surface area (Å²) in [5.74, 6) is 0. The third-order valence-electron chi connectivity index (χ3n) is 1.87. The van der Waals surface area contributed by atoms with Gasteiger partial charge in [0.2, 0.25) is 0 Å². The molecule has 0 unspecified atom stereocenters. The lowest BCUT2D eigenvalue weighted by molar-refractivity contribution is 0.211. The summed E-state index contributed by atoms with van der Waals surface area (Å²) in [6.07, 6.45) is 5.91. The van der Waals surface area contributed by atoms with Gasteiger partial charge >= 0.3 is 0 Å². The fourth-order valence-corrected chi connectivity index (χ4v) is 1.18. The smallest absolute Gasteiger partial charge is 0.119 e. The highest BCUT2D eigenvalue weighted by Crippen LogP contribution is 2.17. The quantitative estimate of drug-likeness (QED) is 0.727. The average Bonchev–Trinajstić information content (AvgIpc) is 2.52. The highest BCUT2D eigenvalue weighted by Gasteiger charge is 1.99. The molecule has 66 valence electrons. The minimum atomic E-state index is 0.0411. The molecule has 0 aliphatic rings. The molecule has 1 aromatic heterocycles. The van der Waals surface area contributed by atoms with Gasteiger partial charge in [0.25, 0.3) is 0 Å². The summed E-state index contributed by atoms with van der Waals surface area (Å²) in [5.41, 5.74) is 2.27. The van der Waals surface area contributed by atoms with Gasteiger partial charge in [0.1, 0.15) is 6.73 Å². The molecule has 0 fully saturated rings. The van der Waals surface area contributed by atoms with E-state index in [1.165, 1.54) is 0 Å². The van der Waals surface area contributed by atoms with Crippen LogP contribution in [0.2, 0.25) is 0 Å². The van der Waals surface area contributed by atoms with Gasteiger partial charge in [-0.1, -0.05) is 19.9 Å². The van der Waals surface area contributed by atoms with Gasteiger partial charge < -0.3 is 9.67 Å². The number of nitrogens with zero attached hydrogens (tertiary/aromatic N) is 1. The number of aromatic nitrogens is 1. The number of aliphatic hydroxyl groups is 1. The van der Waals surface area contributed by atoms with E-state index in [-0.39, 0.29) is 6.73 Å². The van der Waals surface area contributed by atoms with Crippen molar-refractivity contribution in [1.29, 1.82) is 0 Å². The average molecular weight is 165 g/mol. The van der Waals surface area contributed by atoms with Crippen LogP contribution in [0.1, 0.15) is 25.3 Å². The molecule has 1 N–H and O–H groups in total. The SMILES string of the molecule is C=C(CCC)c1ccn(CO)c1. The van der Waals surface area contributed by atoms with Crippen molar-refractivity contribution in [1.82, 2.24) is 4.57 Å². The number of allylic oxidation sites excluding steroid dienone is 1. The Labute approximate surface area is 73.1 Å². The lowest BCUT2D eigenvalue weighted by Crippen LogP contribution is -1.90. The molecule has 0 amide bonds. The number of hydrogen-bond acceptors (Lipinski definition) is 1. The van der Waals surface area contributed by atoms with Gasteiger partial charge in [0.15, 0.2) is 0 Å². The van der Waals surface area contributed by atoms with Crippen LogP contribution in [0, 0.1) is 0 Å². The summed E-state index contributed by atoms with van der Waals surface area (Å²) in [4.78, 5) is 0. The van der Waals surface area contributed by atoms with Gasteiger partial charge in [0, 0.05) is 12.4 Å². The molecule has 2 nitrogen and oxygen atoms in total. The van der Waals surface area contributed by atoms with Crippen molar-refractivity contribution in [2.75, 3.05) is 0 Å². The minimum absolute atomic E-state index is 0.0411. The molecule has 0 aliphatic heterocycles. The molecule has 12 heavy (non-hydrogen) atoms. The molecule has 0 atom stereocenters. The van der Waals surface area contributed by atoms with E-state index in [0.717, 1.165) is 24.0 Å². The van der Waals surface area contributed by atoms with Crippen LogP contribution in [0.15, 0.2) is 25.0 Å². The summed E-state index contributed by atoms with van der Waals surface area (Å²) in [6, 6.07) is 1.98. The fourth-order valence-electron chi connectivity index (χ4n) is 1.18. The third-order valence-corrected chi connectivity index (χ3v) is 1.87. The van der Waals surface area contributed by atoms with Crippen LogP contribution in [0.4, 0.5) is 0 Å². The van der Waals surface area contributed by atoms with E-state index in [2.05, 4.69) is 13.5 Å². The normalized spacial score (nSPS) is 10.2. The van der Waals surface area contributed by atoms with Crippen LogP contribution in [0.3, 0.4) is 0 Å². The Bertz CT molecular complexity index is 263. The summed E-state index contributed by atoms with van der Waals surface area (Å²) in [6.45, 7) is 6.14. The van der Waals surface area contributed by atoms with E-state index >= 15 is 0 Å². The van der Waals surface area contributed by atoms with Crippen molar-refractivity contribution < 1.29 is 5.11 Å². The van der Waals surface area contributed by atoms with Crippen molar-refractivity contribution in [2.45, 2.75) is 26.5 Å². The first kappa shape index (κ1) is 9.07. The van der Waals surface area contributed by atoms with Crippen molar-refractivity contribution in [3.63, 3.8) is 0 Å². The molecular formula is C10H15NO. The molecule has 0 bridgehead atoms. The lowest BCUT2D eigenvalue weighted by atomic mass is 10.1. The Morgan fingerprint density at radius 2 is 2.42 bits per heavy atom. The predicted molar refractivity (Wildman–Crippen MR) is 50.6 cm³/mol. The molecule has 0 radical (unpaired) electrons. The molecular weight excluding hydrogens is 150 g/mol.